The van der Waals surface area contributed by atoms with Crippen molar-refractivity contribution in [1.82, 2.24) is 10.2 Å². The first-order valence-electron chi connectivity index (χ1n) is 3.44. The Morgan fingerprint density at radius 1 is 1.55 bits per heavy atom. The Hall–Kier alpha value is -0.800. The van der Waals surface area contributed by atoms with E-state index < -0.39 is 12.2 Å². The molecule has 0 rings (SSSR count). The van der Waals surface area contributed by atoms with Crippen LogP contribution in [0.25, 0.3) is 0 Å². The first-order chi connectivity index (χ1) is 4.89. The van der Waals surface area contributed by atoms with Crippen molar-refractivity contribution in [2.45, 2.75) is 19.4 Å². The summed E-state index contributed by atoms with van der Waals surface area (Å²) in [5.41, 5.74) is -0.763. The summed E-state index contributed by atoms with van der Waals surface area (Å²) >= 11 is 0. The second-order valence-corrected chi connectivity index (χ2v) is 3.34. The van der Waals surface area contributed by atoms with E-state index in [0.717, 1.165) is 0 Å². The minimum atomic E-state index is -0.763. The van der Waals surface area contributed by atoms with Crippen LogP contribution in [0, 0.1) is 0 Å². The van der Waals surface area contributed by atoms with Gasteiger partial charge in [0.1, 0.15) is 6.67 Å². The van der Waals surface area contributed by atoms with E-state index in [-0.39, 0.29) is 6.03 Å². The first-order valence-corrected chi connectivity index (χ1v) is 3.44. The Bertz CT molecular complexity index is 145. The van der Waals surface area contributed by atoms with E-state index >= 15 is 0 Å². The predicted octanol–water partition coefficient (Wildman–Crippen LogP) is 1.01. The van der Waals surface area contributed by atoms with Crippen LogP contribution in [0.5, 0.6) is 0 Å². The molecule has 0 unspecified atom stereocenters. The molecule has 0 saturated carbocycles. The molecular weight excluding hydrogens is 147 g/mol. The van der Waals surface area contributed by atoms with Gasteiger partial charge in [-0.3, -0.25) is 0 Å². The average molecular weight is 162 g/mol. The van der Waals surface area contributed by atoms with Crippen LogP contribution in [0.4, 0.5) is 9.18 Å². The van der Waals surface area contributed by atoms with Gasteiger partial charge in [0.05, 0.1) is 5.54 Å². The number of hydrogen-bond donors (Lipinski definition) is 1. The van der Waals surface area contributed by atoms with Gasteiger partial charge in [-0.2, -0.15) is 0 Å². The number of nitrogens with one attached hydrogen (secondary N) is 1. The van der Waals surface area contributed by atoms with E-state index in [1.54, 1.807) is 27.9 Å². The van der Waals surface area contributed by atoms with Gasteiger partial charge in [-0.05, 0) is 13.8 Å². The molecule has 0 aliphatic rings. The van der Waals surface area contributed by atoms with Crippen molar-refractivity contribution in [2.24, 2.45) is 0 Å². The van der Waals surface area contributed by atoms with E-state index in [9.17, 15) is 9.18 Å². The normalized spacial score (nSPS) is 11.0. The summed E-state index contributed by atoms with van der Waals surface area (Å²) in [7, 11) is 3.23. The molecule has 0 fully saturated rings. The van der Waals surface area contributed by atoms with Gasteiger partial charge >= 0.3 is 6.03 Å². The van der Waals surface area contributed by atoms with Crippen molar-refractivity contribution >= 4 is 6.03 Å². The molecule has 0 aromatic carbocycles. The smallest absolute Gasteiger partial charge is 0.317 e. The second-order valence-electron chi connectivity index (χ2n) is 3.34. The van der Waals surface area contributed by atoms with Crippen LogP contribution in [0.2, 0.25) is 0 Å². The Kier molecular flexibility index (Phi) is 3.29. The molecule has 66 valence electrons. The van der Waals surface area contributed by atoms with E-state index in [1.807, 2.05) is 0 Å². The van der Waals surface area contributed by atoms with E-state index in [1.165, 1.54) is 4.90 Å². The van der Waals surface area contributed by atoms with Crippen LogP contribution in [0.3, 0.4) is 0 Å². The summed E-state index contributed by atoms with van der Waals surface area (Å²) in [6.07, 6.45) is 0. The summed E-state index contributed by atoms with van der Waals surface area (Å²) in [4.78, 5) is 12.3. The quantitative estimate of drug-likeness (QED) is 0.645. The molecule has 1 N–H and O–H groups in total. The molecule has 0 saturated heterocycles. The number of amides is 2. The van der Waals surface area contributed by atoms with E-state index in [2.05, 4.69) is 5.32 Å². The van der Waals surface area contributed by atoms with Crippen LogP contribution in [-0.2, 0) is 0 Å². The zero-order valence-corrected chi connectivity index (χ0v) is 7.44. The molecule has 11 heavy (non-hydrogen) atoms. The van der Waals surface area contributed by atoms with Crippen molar-refractivity contribution in [2.75, 3.05) is 20.8 Å². The fourth-order valence-corrected chi connectivity index (χ4v) is 0.435. The average Bonchev–Trinajstić information content (AvgIpc) is 1.87. The largest absolute Gasteiger partial charge is 0.331 e. The molecule has 0 aliphatic heterocycles. The molecule has 0 heterocycles. The Morgan fingerprint density at radius 2 is 2.00 bits per heavy atom. The highest BCUT2D eigenvalue weighted by molar-refractivity contribution is 5.74. The second kappa shape index (κ2) is 3.55. The maximum absolute atomic E-state index is 12.2. The number of carbonyl (C=O) groups excluding carboxylic acids is 1. The highest BCUT2D eigenvalue weighted by Gasteiger charge is 2.20. The number of urea groups is 1. The Morgan fingerprint density at radius 3 is 2.27 bits per heavy atom. The molecule has 0 spiro atoms. The lowest BCUT2D eigenvalue weighted by Crippen LogP contribution is -2.49. The molecule has 0 radical (unpaired) electrons. The highest BCUT2D eigenvalue weighted by Crippen LogP contribution is 2.02. The van der Waals surface area contributed by atoms with Crippen molar-refractivity contribution in [3.05, 3.63) is 0 Å². The van der Waals surface area contributed by atoms with E-state index in [4.69, 9.17) is 0 Å². The predicted molar refractivity (Wildman–Crippen MR) is 42.3 cm³/mol. The molecule has 0 aliphatic carbocycles. The maximum Gasteiger partial charge on any atom is 0.317 e. The Labute approximate surface area is 66.6 Å². The number of nitrogens with zero attached hydrogens (tertiary/aromatic N) is 1. The van der Waals surface area contributed by atoms with Gasteiger partial charge in [0, 0.05) is 14.1 Å². The molecule has 4 heteroatoms. The van der Waals surface area contributed by atoms with Gasteiger partial charge in [-0.15, -0.1) is 0 Å². The van der Waals surface area contributed by atoms with Crippen molar-refractivity contribution in [1.29, 1.82) is 0 Å². The fraction of sp³-hybridized carbons (Fsp3) is 0.857. The minimum absolute atomic E-state index is 0.271. The van der Waals surface area contributed by atoms with Gasteiger partial charge < -0.3 is 10.2 Å². The summed E-state index contributed by atoms with van der Waals surface area (Å²) in [6.45, 7) is 2.70. The third-order valence-electron chi connectivity index (χ3n) is 1.19. The first kappa shape index (κ1) is 10.2. The number of rotatable bonds is 2. The highest BCUT2D eigenvalue weighted by atomic mass is 19.1. The fourth-order valence-electron chi connectivity index (χ4n) is 0.435. The summed E-state index contributed by atoms with van der Waals surface area (Å²) in [5, 5.41) is 2.52. The molecule has 0 bridgehead atoms. The topological polar surface area (TPSA) is 32.3 Å². The lowest BCUT2D eigenvalue weighted by molar-refractivity contribution is 0.198. The van der Waals surface area contributed by atoms with Crippen molar-refractivity contribution in [3.8, 4) is 0 Å². The SMILES string of the molecule is CN(C)C(=O)NC(C)(C)CF. The zero-order valence-electron chi connectivity index (χ0n) is 7.44. The monoisotopic (exact) mass is 162 g/mol. The third-order valence-corrected chi connectivity index (χ3v) is 1.19. The zero-order chi connectivity index (χ0) is 9.07. The third kappa shape index (κ3) is 3.80. The summed E-state index contributed by atoms with van der Waals surface area (Å²) < 4.78 is 12.2. The lowest BCUT2D eigenvalue weighted by atomic mass is 10.1. The standard InChI is InChI=1S/C7H15FN2O/c1-7(2,5-8)9-6(11)10(3)4/h5H2,1-4H3,(H,9,11). The number of halogens is 1. The lowest BCUT2D eigenvalue weighted by Gasteiger charge is -2.24. The number of alkyl halides is 1. The molecular formula is C7H15FN2O. The minimum Gasteiger partial charge on any atom is -0.331 e. The van der Waals surface area contributed by atoms with Gasteiger partial charge in [-0.25, -0.2) is 9.18 Å². The van der Waals surface area contributed by atoms with Crippen LogP contribution in [-0.4, -0.2) is 37.2 Å². The summed E-state index contributed by atoms with van der Waals surface area (Å²) in [6, 6.07) is -0.271. The van der Waals surface area contributed by atoms with Gasteiger partial charge in [0.25, 0.3) is 0 Å². The van der Waals surface area contributed by atoms with Crippen molar-refractivity contribution < 1.29 is 9.18 Å². The maximum atomic E-state index is 12.2. The molecule has 0 atom stereocenters. The molecule has 3 nitrogen and oxygen atoms in total. The Balaban J connectivity index is 3.94. The number of hydrogen-bond acceptors (Lipinski definition) is 1. The van der Waals surface area contributed by atoms with E-state index in [0.29, 0.717) is 0 Å². The van der Waals surface area contributed by atoms with Crippen molar-refractivity contribution in [3.63, 3.8) is 0 Å². The van der Waals surface area contributed by atoms with Gasteiger partial charge in [-0.1, -0.05) is 0 Å². The van der Waals surface area contributed by atoms with Crippen LogP contribution in [0.1, 0.15) is 13.8 Å². The van der Waals surface area contributed by atoms with Gasteiger partial charge in [0.15, 0.2) is 0 Å². The number of carbonyl (C=O) groups is 1. The molecule has 0 aromatic rings. The summed E-state index contributed by atoms with van der Waals surface area (Å²) in [5.74, 6) is 0. The van der Waals surface area contributed by atoms with Crippen LogP contribution < -0.4 is 5.32 Å². The van der Waals surface area contributed by atoms with Crippen LogP contribution >= 0.6 is 0 Å². The molecule has 2 amide bonds. The van der Waals surface area contributed by atoms with Gasteiger partial charge in [0.2, 0.25) is 0 Å². The van der Waals surface area contributed by atoms with Crippen LogP contribution in [0.15, 0.2) is 0 Å². The molecule has 0 aromatic heterocycles.